The van der Waals surface area contributed by atoms with Crippen LogP contribution in [0, 0.1) is 5.92 Å². The lowest BCUT2D eigenvalue weighted by molar-refractivity contribution is -0.119. The fourth-order valence-corrected chi connectivity index (χ4v) is 1.73. The monoisotopic (exact) mass is 128 g/mol. The van der Waals surface area contributed by atoms with Gasteiger partial charge in [-0.15, -0.1) is 0 Å². The molecule has 1 heteroatoms. The molecule has 1 nitrogen and oxygen atoms in total. The molecule has 0 saturated heterocycles. The molecule has 2 atom stereocenters. The van der Waals surface area contributed by atoms with Crippen LogP contribution in [-0.2, 0) is 4.74 Å². The SMILES string of the molecule is CCC1(OC)CCC1C. The van der Waals surface area contributed by atoms with Crippen molar-refractivity contribution in [3.63, 3.8) is 0 Å². The first-order valence-corrected chi connectivity index (χ1v) is 3.80. The van der Waals surface area contributed by atoms with Crippen LogP contribution in [0.25, 0.3) is 0 Å². The lowest BCUT2D eigenvalue weighted by Crippen LogP contribution is -2.46. The largest absolute Gasteiger partial charge is 0.378 e. The highest BCUT2D eigenvalue weighted by Crippen LogP contribution is 2.43. The second kappa shape index (κ2) is 2.30. The molecule has 0 aliphatic heterocycles. The van der Waals surface area contributed by atoms with E-state index in [0.717, 1.165) is 5.92 Å². The zero-order valence-electron chi connectivity index (χ0n) is 6.61. The number of hydrogen-bond acceptors (Lipinski definition) is 1. The number of rotatable bonds is 2. The fraction of sp³-hybridized carbons (Fsp3) is 1.00. The normalized spacial score (nSPS) is 42.3. The standard InChI is InChI=1S/C8H16O/c1-4-8(9-3)6-5-7(8)2/h7H,4-6H2,1-3H3. The quantitative estimate of drug-likeness (QED) is 0.554. The lowest BCUT2D eigenvalue weighted by Gasteiger charge is -2.46. The Labute approximate surface area is 57.4 Å². The van der Waals surface area contributed by atoms with Gasteiger partial charge in [-0.05, 0) is 25.2 Å². The van der Waals surface area contributed by atoms with Gasteiger partial charge >= 0.3 is 0 Å². The summed E-state index contributed by atoms with van der Waals surface area (Å²) in [5.41, 5.74) is 0.264. The van der Waals surface area contributed by atoms with Gasteiger partial charge in [-0.25, -0.2) is 0 Å². The summed E-state index contributed by atoms with van der Waals surface area (Å²) in [5, 5.41) is 0. The van der Waals surface area contributed by atoms with Crippen LogP contribution in [0.5, 0.6) is 0 Å². The maximum absolute atomic E-state index is 5.44. The molecule has 54 valence electrons. The van der Waals surface area contributed by atoms with E-state index in [2.05, 4.69) is 13.8 Å². The second-order valence-electron chi connectivity index (χ2n) is 3.06. The van der Waals surface area contributed by atoms with E-state index in [1.807, 2.05) is 7.11 Å². The third-order valence-corrected chi connectivity index (χ3v) is 2.90. The first-order chi connectivity index (χ1) is 4.25. The Morgan fingerprint density at radius 1 is 1.67 bits per heavy atom. The summed E-state index contributed by atoms with van der Waals surface area (Å²) in [5.74, 6) is 0.785. The Bertz CT molecular complexity index is 89.2. The molecule has 9 heavy (non-hydrogen) atoms. The summed E-state index contributed by atoms with van der Waals surface area (Å²) in [7, 11) is 1.83. The molecule has 1 saturated carbocycles. The summed E-state index contributed by atoms with van der Waals surface area (Å²) in [6.07, 6.45) is 3.79. The fourth-order valence-electron chi connectivity index (χ4n) is 1.73. The van der Waals surface area contributed by atoms with Crippen LogP contribution < -0.4 is 0 Å². The van der Waals surface area contributed by atoms with Crippen LogP contribution >= 0.6 is 0 Å². The maximum atomic E-state index is 5.44. The molecule has 0 radical (unpaired) electrons. The van der Waals surface area contributed by atoms with Crippen molar-refractivity contribution in [2.75, 3.05) is 7.11 Å². The van der Waals surface area contributed by atoms with E-state index in [1.165, 1.54) is 19.3 Å². The Morgan fingerprint density at radius 3 is 2.33 bits per heavy atom. The van der Waals surface area contributed by atoms with Gasteiger partial charge in [-0.3, -0.25) is 0 Å². The highest BCUT2D eigenvalue weighted by Gasteiger charge is 2.42. The molecular formula is C8H16O. The average molecular weight is 128 g/mol. The number of methoxy groups -OCH3 is 1. The molecule has 1 rings (SSSR count). The van der Waals surface area contributed by atoms with E-state index >= 15 is 0 Å². The molecule has 0 aromatic rings. The summed E-state index contributed by atoms with van der Waals surface area (Å²) < 4.78 is 5.44. The van der Waals surface area contributed by atoms with Gasteiger partial charge in [0.05, 0.1) is 5.60 Å². The Hall–Kier alpha value is -0.0400. The zero-order chi connectivity index (χ0) is 6.91. The van der Waals surface area contributed by atoms with Crippen molar-refractivity contribution < 1.29 is 4.74 Å². The van der Waals surface area contributed by atoms with Crippen molar-refractivity contribution in [1.29, 1.82) is 0 Å². The van der Waals surface area contributed by atoms with E-state index < -0.39 is 0 Å². The van der Waals surface area contributed by atoms with Crippen LogP contribution in [0.15, 0.2) is 0 Å². The second-order valence-corrected chi connectivity index (χ2v) is 3.06. The minimum atomic E-state index is 0.264. The van der Waals surface area contributed by atoms with Gasteiger partial charge in [-0.2, -0.15) is 0 Å². The van der Waals surface area contributed by atoms with Crippen LogP contribution in [-0.4, -0.2) is 12.7 Å². The van der Waals surface area contributed by atoms with Gasteiger partial charge < -0.3 is 4.74 Å². The maximum Gasteiger partial charge on any atom is 0.0701 e. The Balaban J connectivity index is 2.48. The minimum absolute atomic E-state index is 0.264. The first-order valence-electron chi connectivity index (χ1n) is 3.80. The van der Waals surface area contributed by atoms with Crippen molar-refractivity contribution in [2.24, 2.45) is 5.92 Å². The molecule has 0 aromatic carbocycles. The summed E-state index contributed by atoms with van der Waals surface area (Å²) >= 11 is 0. The topological polar surface area (TPSA) is 9.23 Å². The van der Waals surface area contributed by atoms with Gasteiger partial charge in [0.2, 0.25) is 0 Å². The van der Waals surface area contributed by atoms with Crippen molar-refractivity contribution in [3.05, 3.63) is 0 Å². The van der Waals surface area contributed by atoms with Crippen LogP contribution in [0.2, 0.25) is 0 Å². The molecule has 0 N–H and O–H groups in total. The molecule has 1 aliphatic rings. The molecule has 0 spiro atoms. The predicted octanol–water partition coefficient (Wildman–Crippen LogP) is 2.21. The summed E-state index contributed by atoms with van der Waals surface area (Å²) in [6, 6.07) is 0. The molecular weight excluding hydrogens is 112 g/mol. The number of ether oxygens (including phenoxy) is 1. The summed E-state index contributed by atoms with van der Waals surface area (Å²) in [6.45, 7) is 4.48. The van der Waals surface area contributed by atoms with Crippen molar-refractivity contribution in [2.45, 2.75) is 38.7 Å². The van der Waals surface area contributed by atoms with Crippen LogP contribution in [0.1, 0.15) is 33.1 Å². The molecule has 1 fully saturated rings. The molecule has 0 aromatic heterocycles. The molecule has 2 unspecified atom stereocenters. The van der Waals surface area contributed by atoms with Crippen molar-refractivity contribution >= 4 is 0 Å². The van der Waals surface area contributed by atoms with Gasteiger partial charge in [0.15, 0.2) is 0 Å². The van der Waals surface area contributed by atoms with Gasteiger partial charge in [0.25, 0.3) is 0 Å². The zero-order valence-corrected chi connectivity index (χ0v) is 6.61. The highest BCUT2D eigenvalue weighted by molar-refractivity contribution is 4.93. The van der Waals surface area contributed by atoms with Crippen LogP contribution in [0.3, 0.4) is 0 Å². The van der Waals surface area contributed by atoms with E-state index in [-0.39, 0.29) is 5.60 Å². The molecule has 1 aliphatic carbocycles. The van der Waals surface area contributed by atoms with Gasteiger partial charge in [-0.1, -0.05) is 13.8 Å². The summed E-state index contributed by atoms with van der Waals surface area (Å²) in [4.78, 5) is 0. The third kappa shape index (κ3) is 0.877. The first kappa shape index (κ1) is 7.07. The van der Waals surface area contributed by atoms with Gasteiger partial charge in [0.1, 0.15) is 0 Å². The molecule has 0 heterocycles. The van der Waals surface area contributed by atoms with E-state index in [4.69, 9.17) is 4.74 Å². The third-order valence-electron chi connectivity index (χ3n) is 2.90. The predicted molar refractivity (Wildman–Crippen MR) is 38.4 cm³/mol. The number of hydrogen-bond donors (Lipinski definition) is 0. The Kier molecular flexibility index (Phi) is 1.80. The minimum Gasteiger partial charge on any atom is -0.378 e. The lowest BCUT2D eigenvalue weighted by atomic mass is 9.69. The van der Waals surface area contributed by atoms with E-state index in [9.17, 15) is 0 Å². The average Bonchev–Trinajstić information content (AvgIpc) is 1.89. The molecule has 0 bridgehead atoms. The highest BCUT2D eigenvalue weighted by atomic mass is 16.5. The Morgan fingerprint density at radius 2 is 2.33 bits per heavy atom. The van der Waals surface area contributed by atoms with Crippen molar-refractivity contribution in [1.82, 2.24) is 0 Å². The van der Waals surface area contributed by atoms with E-state index in [0.29, 0.717) is 0 Å². The smallest absolute Gasteiger partial charge is 0.0701 e. The van der Waals surface area contributed by atoms with Crippen molar-refractivity contribution in [3.8, 4) is 0 Å². The van der Waals surface area contributed by atoms with Gasteiger partial charge in [0, 0.05) is 7.11 Å². The van der Waals surface area contributed by atoms with E-state index in [1.54, 1.807) is 0 Å². The molecule has 0 amide bonds. The van der Waals surface area contributed by atoms with Crippen LogP contribution in [0.4, 0.5) is 0 Å².